The second-order valence-corrected chi connectivity index (χ2v) is 8.04. The van der Waals surface area contributed by atoms with Crippen LogP contribution in [0, 0.1) is 0 Å². The number of carbonyl (C=O) groups is 2. The molecule has 1 aliphatic heterocycles. The summed E-state index contributed by atoms with van der Waals surface area (Å²) in [6.07, 6.45) is 10.4. The number of hydrogen-bond donors (Lipinski definition) is 3. The van der Waals surface area contributed by atoms with E-state index >= 15 is 0 Å². The number of esters is 2. The molecule has 0 aromatic heterocycles. The summed E-state index contributed by atoms with van der Waals surface area (Å²) in [5.41, 5.74) is 0. The van der Waals surface area contributed by atoms with Gasteiger partial charge in [-0.25, -0.2) is 4.79 Å². The Labute approximate surface area is 174 Å². The molecular formula is C22H40O7. The summed E-state index contributed by atoms with van der Waals surface area (Å²) in [4.78, 5) is 23.2. The van der Waals surface area contributed by atoms with E-state index in [2.05, 4.69) is 6.92 Å². The van der Waals surface area contributed by atoms with Crippen molar-refractivity contribution in [2.75, 3.05) is 6.61 Å². The van der Waals surface area contributed by atoms with Gasteiger partial charge in [-0.1, -0.05) is 84.0 Å². The van der Waals surface area contributed by atoms with Crippen molar-refractivity contribution in [3.05, 3.63) is 0 Å². The standard InChI is InChI=1S/C22H40O7/c1-2-3-4-5-6-7-8-9-10-11-12-13-14-15-18(24)28-17(16-23)21-19(25)20(26)22(27)29-21/h17,19-21,23,25-26H,2-16H2,1H3/t17-,19-,20-,21-/m1/s1. The lowest BCUT2D eigenvalue weighted by molar-refractivity contribution is -0.168. The molecule has 7 nitrogen and oxygen atoms in total. The van der Waals surface area contributed by atoms with E-state index in [1.807, 2.05) is 0 Å². The number of cyclic esters (lactones) is 1. The maximum atomic E-state index is 11.9. The van der Waals surface area contributed by atoms with E-state index in [0.29, 0.717) is 6.42 Å². The third-order valence-electron chi connectivity index (χ3n) is 5.47. The third-order valence-corrected chi connectivity index (χ3v) is 5.47. The Bertz CT molecular complexity index is 454. The molecule has 0 amide bonds. The zero-order valence-electron chi connectivity index (χ0n) is 17.9. The fourth-order valence-electron chi connectivity index (χ4n) is 3.61. The predicted octanol–water partition coefficient (Wildman–Crippen LogP) is 3.02. The van der Waals surface area contributed by atoms with Gasteiger partial charge in [-0.3, -0.25) is 4.79 Å². The highest BCUT2D eigenvalue weighted by Gasteiger charge is 2.47. The van der Waals surface area contributed by atoms with Gasteiger partial charge in [0.2, 0.25) is 0 Å². The van der Waals surface area contributed by atoms with Gasteiger partial charge in [-0.15, -0.1) is 0 Å². The molecule has 0 unspecified atom stereocenters. The minimum absolute atomic E-state index is 0.216. The first-order valence-corrected chi connectivity index (χ1v) is 11.4. The highest BCUT2D eigenvalue weighted by molar-refractivity contribution is 5.78. The Morgan fingerprint density at radius 2 is 1.41 bits per heavy atom. The van der Waals surface area contributed by atoms with Gasteiger partial charge >= 0.3 is 11.9 Å². The number of rotatable bonds is 17. The number of ether oxygens (including phenoxy) is 2. The van der Waals surface area contributed by atoms with Crippen LogP contribution in [-0.4, -0.2) is 58.3 Å². The van der Waals surface area contributed by atoms with E-state index in [-0.39, 0.29) is 6.42 Å². The summed E-state index contributed by atoms with van der Waals surface area (Å²) in [5.74, 6) is -1.48. The Kier molecular flexibility index (Phi) is 13.9. The largest absolute Gasteiger partial charge is 0.456 e. The zero-order valence-corrected chi connectivity index (χ0v) is 17.9. The van der Waals surface area contributed by atoms with Crippen molar-refractivity contribution in [2.45, 2.75) is 121 Å². The van der Waals surface area contributed by atoms with Gasteiger partial charge in [0.1, 0.15) is 6.10 Å². The fourth-order valence-corrected chi connectivity index (χ4v) is 3.61. The number of aliphatic hydroxyl groups excluding tert-OH is 3. The fraction of sp³-hybridized carbons (Fsp3) is 0.909. The van der Waals surface area contributed by atoms with Crippen molar-refractivity contribution in [1.29, 1.82) is 0 Å². The maximum absolute atomic E-state index is 11.9. The Morgan fingerprint density at radius 3 is 1.83 bits per heavy atom. The molecule has 1 saturated heterocycles. The molecule has 4 atom stereocenters. The zero-order chi connectivity index (χ0) is 21.5. The minimum atomic E-state index is -1.67. The maximum Gasteiger partial charge on any atom is 0.338 e. The van der Waals surface area contributed by atoms with Crippen molar-refractivity contribution < 1.29 is 34.4 Å². The van der Waals surface area contributed by atoms with Crippen molar-refractivity contribution in [2.24, 2.45) is 0 Å². The molecule has 1 aliphatic rings. The summed E-state index contributed by atoms with van der Waals surface area (Å²) in [6.45, 7) is 1.65. The van der Waals surface area contributed by atoms with Gasteiger partial charge < -0.3 is 24.8 Å². The molecular weight excluding hydrogens is 376 g/mol. The monoisotopic (exact) mass is 416 g/mol. The Hall–Kier alpha value is -1.18. The summed E-state index contributed by atoms with van der Waals surface area (Å²) in [6, 6.07) is 0. The van der Waals surface area contributed by atoms with Crippen molar-refractivity contribution in [3.63, 3.8) is 0 Å². The molecule has 7 heteroatoms. The van der Waals surface area contributed by atoms with Crippen LogP contribution < -0.4 is 0 Å². The molecule has 3 N–H and O–H groups in total. The van der Waals surface area contributed by atoms with E-state index in [1.54, 1.807) is 0 Å². The van der Waals surface area contributed by atoms with Gasteiger partial charge in [-0.05, 0) is 6.42 Å². The molecule has 1 rings (SSSR count). The van der Waals surface area contributed by atoms with Crippen LogP contribution in [0.15, 0.2) is 0 Å². The van der Waals surface area contributed by atoms with Gasteiger partial charge in [-0.2, -0.15) is 0 Å². The van der Waals surface area contributed by atoms with Crippen LogP contribution in [0.1, 0.15) is 96.8 Å². The first kappa shape index (κ1) is 25.9. The lowest BCUT2D eigenvalue weighted by atomic mass is 10.0. The van der Waals surface area contributed by atoms with Crippen LogP contribution in [0.2, 0.25) is 0 Å². The lowest BCUT2D eigenvalue weighted by Crippen LogP contribution is -2.43. The lowest BCUT2D eigenvalue weighted by Gasteiger charge is -2.23. The highest BCUT2D eigenvalue weighted by atomic mass is 16.6. The molecule has 0 saturated carbocycles. The number of aliphatic hydroxyl groups is 3. The molecule has 0 bridgehead atoms. The number of unbranched alkanes of at least 4 members (excludes halogenated alkanes) is 12. The SMILES string of the molecule is CCCCCCCCCCCCCCCC(=O)O[C@H](CO)[C@H]1OC(=O)[C@H](O)[C@H]1O. The number of hydrogen-bond acceptors (Lipinski definition) is 7. The Balaban J connectivity index is 2.00. The topological polar surface area (TPSA) is 113 Å². The molecule has 0 aromatic rings. The van der Waals surface area contributed by atoms with E-state index in [4.69, 9.17) is 9.47 Å². The summed E-state index contributed by atoms with van der Waals surface area (Å²) in [5, 5.41) is 28.5. The second-order valence-electron chi connectivity index (χ2n) is 8.04. The molecule has 1 heterocycles. The van der Waals surface area contributed by atoms with Crippen LogP contribution in [-0.2, 0) is 19.1 Å². The van der Waals surface area contributed by atoms with E-state index in [9.17, 15) is 24.9 Å². The van der Waals surface area contributed by atoms with E-state index in [0.717, 1.165) is 12.8 Å². The summed E-state index contributed by atoms with van der Waals surface area (Å²) >= 11 is 0. The molecule has 0 spiro atoms. The van der Waals surface area contributed by atoms with E-state index in [1.165, 1.54) is 64.2 Å². The molecule has 29 heavy (non-hydrogen) atoms. The first-order valence-electron chi connectivity index (χ1n) is 11.4. The van der Waals surface area contributed by atoms with Crippen LogP contribution >= 0.6 is 0 Å². The predicted molar refractivity (Wildman–Crippen MR) is 109 cm³/mol. The van der Waals surface area contributed by atoms with Gasteiger partial charge in [0.05, 0.1) is 6.61 Å². The third kappa shape index (κ3) is 10.4. The highest BCUT2D eigenvalue weighted by Crippen LogP contribution is 2.21. The summed E-state index contributed by atoms with van der Waals surface area (Å²) in [7, 11) is 0. The average Bonchev–Trinajstić information content (AvgIpc) is 2.97. The van der Waals surface area contributed by atoms with Gasteiger partial charge in [0, 0.05) is 6.42 Å². The van der Waals surface area contributed by atoms with Crippen LogP contribution in [0.5, 0.6) is 0 Å². The molecule has 1 fully saturated rings. The normalized spacial score (nSPS) is 22.5. The van der Waals surface area contributed by atoms with Crippen molar-refractivity contribution in [1.82, 2.24) is 0 Å². The Morgan fingerprint density at radius 1 is 0.931 bits per heavy atom. The first-order chi connectivity index (χ1) is 14.0. The van der Waals surface area contributed by atoms with Crippen LogP contribution in [0.4, 0.5) is 0 Å². The number of carbonyl (C=O) groups excluding carboxylic acids is 2. The quantitative estimate of drug-likeness (QED) is 0.247. The van der Waals surface area contributed by atoms with E-state index < -0.39 is 43.0 Å². The van der Waals surface area contributed by atoms with Crippen LogP contribution in [0.25, 0.3) is 0 Å². The van der Waals surface area contributed by atoms with Crippen molar-refractivity contribution in [3.8, 4) is 0 Å². The molecule has 0 aliphatic carbocycles. The van der Waals surface area contributed by atoms with Gasteiger partial charge in [0.15, 0.2) is 18.3 Å². The second kappa shape index (κ2) is 15.6. The molecule has 0 aromatic carbocycles. The van der Waals surface area contributed by atoms with Gasteiger partial charge in [0.25, 0.3) is 0 Å². The summed E-state index contributed by atoms with van der Waals surface area (Å²) < 4.78 is 9.91. The van der Waals surface area contributed by atoms with Crippen molar-refractivity contribution >= 4 is 11.9 Å². The van der Waals surface area contributed by atoms with Crippen LogP contribution in [0.3, 0.4) is 0 Å². The minimum Gasteiger partial charge on any atom is -0.456 e. The molecule has 170 valence electrons. The molecule has 0 radical (unpaired) electrons. The average molecular weight is 417 g/mol. The smallest absolute Gasteiger partial charge is 0.338 e.